The van der Waals surface area contributed by atoms with Gasteiger partial charge in [-0.1, -0.05) is 29.8 Å². The van der Waals surface area contributed by atoms with E-state index in [2.05, 4.69) is 0 Å². The predicted octanol–water partition coefficient (Wildman–Crippen LogP) is 1.87. The molecule has 0 bridgehead atoms. The van der Waals surface area contributed by atoms with Crippen LogP contribution in [-0.4, -0.2) is 36.6 Å². The van der Waals surface area contributed by atoms with Crippen molar-refractivity contribution < 1.29 is 14.3 Å². The Morgan fingerprint density at radius 1 is 1.24 bits per heavy atom. The van der Waals surface area contributed by atoms with Gasteiger partial charge in [0.1, 0.15) is 0 Å². The van der Waals surface area contributed by atoms with Crippen LogP contribution in [-0.2, 0) is 16.0 Å². The quantitative estimate of drug-likeness (QED) is 0.920. The largest absolute Gasteiger partial charge is 0.449 e. The topological polar surface area (TPSA) is 72.6 Å². The van der Waals surface area contributed by atoms with Gasteiger partial charge in [0, 0.05) is 25.4 Å². The molecule has 0 spiro atoms. The summed E-state index contributed by atoms with van der Waals surface area (Å²) in [6.07, 6.45) is 1.67. The second kappa shape index (κ2) is 7.11. The fourth-order valence-electron chi connectivity index (χ4n) is 2.45. The molecule has 1 fully saturated rings. The SMILES string of the molecule is Cc1ccc(CCOC(=O)N2CCC(C(N)=O)CC2)cc1. The molecule has 2 amide bonds. The fourth-order valence-corrected chi connectivity index (χ4v) is 2.45. The number of hydrogen-bond acceptors (Lipinski definition) is 3. The van der Waals surface area contributed by atoms with Gasteiger partial charge < -0.3 is 15.4 Å². The maximum Gasteiger partial charge on any atom is 0.409 e. The number of hydrogen-bond donors (Lipinski definition) is 1. The zero-order valence-corrected chi connectivity index (χ0v) is 12.4. The molecule has 1 heterocycles. The summed E-state index contributed by atoms with van der Waals surface area (Å²) >= 11 is 0. The summed E-state index contributed by atoms with van der Waals surface area (Å²) in [5.41, 5.74) is 7.64. The number of likely N-dealkylation sites (tertiary alicyclic amines) is 1. The molecule has 5 heteroatoms. The molecule has 0 radical (unpaired) electrons. The van der Waals surface area contributed by atoms with Crippen molar-refractivity contribution in [3.05, 3.63) is 35.4 Å². The van der Waals surface area contributed by atoms with E-state index in [1.165, 1.54) is 5.56 Å². The number of nitrogens with two attached hydrogens (primary N) is 1. The monoisotopic (exact) mass is 290 g/mol. The third-order valence-electron chi connectivity index (χ3n) is 3.89. The molecule has 114 valence electrons. The van der Waals surface area contributed by atoms with Crippen molar-refractivity contribution in [3.8, 4) is 0 Å². The number of nitrogens with zero attached hydrogens (tertiary/aromatic N) is 1. The van der Waals surface area contributed by atoms with E-state index in [1.807, 2.05) is 31.2 Å². The van der Waals surface area contributed by atoms with Gasteiger partial charge in [0.05, 0.1) is 6.61 Å². The Bertz CT molecular complexity index is 491. The van der Waals surface area contributed by atoms with Crippen molar-refractivity contribution >= 4 is 12.0 Å². The predicted molar refractivity (Wildman–Crippen MR) is 79.7 cm³/mol. The van der Waals surface area contributed by atoms with E-state index < -0.39 is 0 Å². The van der Waals surface area contributed by atoms with Crippen LogP contribution in [0.15, 0.2) is 24.3 Å². The standard InChI is InChI=1S/C16H22N2O3/c1-12-2-4-13(5-3-12)8-11-21-16(20)18-9-6-14(7-10-18)15(17)19/h2-5,14H,6-11H2,1H3,(H2,17,19). The van der Waals surface area contributed by atoms with E-state index in [9.17, 15) is 9.59 Å². The molecule has 5 nitrogen and oxygen atoms in total. The molecule has 21 heavy (non-hydrogen) atoms. The van der Waals surface area contributed by atoms with E-state index in [1.54, 1.807) is 4.90 Å². The zero-order chi connectivity index (χ0) is 15.2. The molecule has 1 aliphatic heterocycles. The van der Waals surface area contributed by atoms with Gasteiger partial charge in [-0.05, 0) is 25.3 Å². The second-order valence-electron chi connectivity index (χ2n) is 5.51. The molecule has 1 aliphatic rings. The third-order valence-corrected chi connectivity index (χ3v) is 3.89. The normalized spacial score (nSPS) is 15.8. The Morgan fingerprint density at radius 3 is 2.43 bits per heavy atom. The molecule has 1 aromatic carbocycles. The summed E-state index contributed by atoms with van der Waals surface area (Å²) in [5.74, 6) is -0.385. The summed E-state index contributed by atoms with van der Waals surface area (Å²) in [6.45, 7) is 3.49. The molecule has 1 aromatic rings. The number of piperidine rings is 1. The average molecular weight is 290 g/mol. The van der Waals surface area contributed by atoms with Crippen molar-refractivity contribution in [2.75, 3.05) is 19.7 Å². The summed E-state index contributed by atoms with van der Waals surface area (Å²) in [6, 6.07) is 8.18. The second-order valence-corrected chi connectivity index (χ2v) is 5.51. The minimum Gasteiger partial charge on any atom is -0.449 e. The number of carbonyl (C=O) groups excluding carboxylic acids is 2. The number of amides is 2. The molecule has 1 saturated heterocycles. The van der Waals surface area contributed by atoms with Crippen LogP contribution in [0.2, 0.25) is 0 Å². The Labute approximate surface area is 125 Å². The summed E-state index contributed by atoms with van der Waals surface area (Å²) in [7, 11) is 0. The van der Waals surface area contributed by atoms with Crippen LogP contribution >= 0.6 is 0 Å². The molecule has 2 rings (SSSR count). The summed E-state index contributed by atoms with van der Waals surface area (Å²) < 4.78 is 5.28. The van der Waals surface area contributed by atoms with Gasteiger partial charge in [0.25, 0.3) is 0 Å². The first-order chi connectivity index (χ1) is 10.1. The van der Waals surface area contributed by atoms with Crippen molar-refractivity contribution in [3.63, 3.8) is 0 Å². The fraction of sp³-hybridized carbons (Fsp3) is 0.500. The van der Waals surface area contributed by atoms with Crippen LogP contribution in [0.25, 0.3) is 0 Å². The first-order valence-electron chi connectivity index (χ1n) is 7.33. The van der Waals surface area contributed by atoms with Gasteiger partial charge in [-0.3, -0.25) is 4.79 Å². The number of benzene rings is 1. The maximum absolute atomic E-state index is 11.9. The number of ether oxygens (including phenoxy) is 1. The lowest BCUT2D eigenvalue weighted by molar-refractivity contribution is -0.123. The Kier molecular flexibility index (Phi) is 5.20. The molecule has 0 atom stereocenters. The van der Waals surface area contributed by atoms with Crippen LogP contribution < -0.4 is 5.73 Å². The highest BCUT2D eigenvalue weighted by molar-refractivity contribution is 5.77. The van der Waals surface area contributed by atoms with Gasteiger partial charge in [-0.25, -0.2) is 4.79 Å². The lowest BCUT2D eigenvalue weighted by Gasteiger charge is -2.29. The van der Waals surface area contributed by atoms with E-state index >= 15 is 0 Å². The maximum atomic E-state index is 11.9. The van der Waals surface area contributed by atoms with Gasteiger partial charge in [0.15, 0.2) is 0 Å². The van der Waals surface area contributed by atoms with Crippen LogP contribution in [0, 0.1) is 12.8 Å². The first-order valence-corrected chi connectivity index (χ1v) is 7.33. The lowest BCUT2D eigenvalue weighted by atomic mass is 9.97. The molecule has 2 N–H and O–H groups in total. The minimum atomic E-state index is -0.301. The summed E-state index contributed by atoms with van der Waals surface area (Å²) in [4.78, 5) is 24.6. The van der Waals surface area contributed by atoms with Crippen molar-refractivity contribution in [2.45, 2.75) is 26.2 Å². The zero-order valence-electron chi connectivity index (χ0n) is 12.4. The lowest BCUT2D eigenvalue weighted by Crippen LogP contribution is -2.42. The van der Waals surface area contributed by atoms with Crippen molar-refractivity contribution in [1.29, 1.82) is 0 Å². The van der Waals surface area contributed by atoms with Crippen LogP contribution in [0.4, 0.5) is 4.79 Å². The van der Waals surface area contributed by atoms with Crippen LogP contribution in [0.5, 0.6) is 0 Å². The smallest absolute Gasteiger partial charge is 0.409 e. The third kappa shape index (κ3) is 4.48. The molecular weight excluding hydrogens is 268 g/mol. The first kappa shape index (κ1) is 15.4. The van der Waals surface area contributed by atoms with Crippen LogP contribution in [0.3, 0.4) is 0 Å². The Hall–Kier alpha value is -2.04. The Morgan fingerprint density at radius 2 is 1.86 bits per heavy atom. The minimum absolute atomic E-state index is 0.110. The highest BCUT2D eigenvalue weighted by Crippen LogP contribution is 2.17. The molecule has 0 aliphatic carbocycles. The van der Waals surface area contributed by atoms with Gasteiger partial charge in [-0.2, -0.15) is 0 Å². The van der Waals surface area contributed by atoms with E-state index in [0.717, 1.165) is 5.56 Å². The molecule has 0 aromatic heterocycles. The van der Waals surface area contributed by atoms with Crippen molar-refractivity contribution in [1.82, 2.24) is 4.90 Å². The Balaban J connectivity index is 1.70. The van der Waals surface area contributed by atoms with Gasteiger partial charge in [-0.15, -0.1) is 0 Å². The van der Waals surface area contributed by atoms with Crippen LogP contribution in [0.1, 0.15) is 24.0 Å². The van der Waals surface area contributed by atoms with E-state index in [0.29, 0.717) is 39.0 Å². The number of rotatable bonds is 4. The molecule has 0 unspecified atom stereocenters. The number of primary amides is 1. The highest BCUT2D eigenvalue weighted by atomic mass is 16.6. The molecular formula is C16H22N2O3. The highest BCUT2D eigenvalue weighted by Gasteiger charge is 2.26. The van der Waals surface area contributed by atoms with E-state index in [4.69, 9.17) is 10.5 Å². The number of carbonyl (C=O) groups is 2. The van der Waals surface area contributed by atoms with Crippen molar-refractivity contribution in [2.24, 2.45) is 11.7 Å². The average Bonchev–Trinajstić information content (AvgIpc) is 2.49. The molecule has 0 saturated carbocycles. The van der Waals surface area contributed by atoms with E-state index in [-0.39, 0.29) is 17.9 Å². The number of aryl methyl sites for hydroxylation is 1. The van der Waals surface area contributed by atoms with Gasteiger partial charge >= 0.3 is 6.09 Å². The van der Waals surface area contributed by atoms with Gasteiger partial charge in [0.2, 0.25) is 5.91 Å². The summed E-state index contributed by atoms with van der Waals surface area (Å²) in [5, 5.41) is 0.